The number of carboxylic acids is 1. The molecule has 1 aromatic carbocycles. The number of benzene rings is 1. The van der Waals surface area contributed by atoms with Gasteiger partial charge >= 0.3 is 5.97 Å². The Hall–Kier alpha value is -0.520. The number of thioether (sulfide) groups is 1. The van der Waals surface area contributed by atoms with Crippen LogP contribution in [0, 0.1) is 0 Å². The van der Waals surface area contributed by atoms with E-state index in [0.29, 0.717) is 6.42 Å². The summed E-state index contributed by atoms with van der Waals surface area (Å²) in [6, 6.07) is 7.74. The molecule has 0 heterocycles. The van der Waals surface area contributed by atoms with E-state index in [9.17, 15) is 4.79 Å². The minimum absolute atomic E-state index is 0.182. The Labute approximate surface area is 120 Å². The zero-order chi connectivity index (χ0) is 13.5. The Kier molecular flexibility index (Phi) is 6.75. The average Bonchev–Trinajstić information content (AvgIpc) is 2.27. The van der Waals surface area contributed by atoms with E-state index >= 15 is 0 Å². The predicted octanol–water partition coefficient (Wildman–Crippen LogP) is 3.38. The number of halogens is 1. The number of aliphatic carboxylic acids is 1. The highest BCUT2D eigenvalue weighted by atomic mass is 79.9. The van der Waals surface area contributed by atoms with Crippen LogP contribution in [0.4, 0.5) is 0 Å². The Morgan fingerprint density at radius 2 is 2.22 bits per heavy atom. The largest absolute Gasteiger partial charge is 0.480 e. The summed E-state index contributed by atoms with van der Waals surface area (Å²) in [5.74, 6) is 0.00573. The average molecular weight is 332 g/mol. The van der Waals surface area contributed by atoms with Gasteiger partial charge in [-0.3, -0.25) is 4.79 Å². The lowest BCUT2D eigenvalue weighted by Crippen LogP contribution is -2.41. The third-order valence-corrected chi connectivity index (χ3v) is 3.82. The van der Waals surface area contributed by atoms with Gasteiger partial charge in [-0.1, -0.05) is 35.8 Å². The smallest absolute Gasteiger partial charge is 0.320 e. The summed E-state index contributed by atoms with van der Waals surface area (Å²) in [5.41, 5.74) is 0. The summed E-state index contributed by atoms with van der Waals surface area (Å²) in [6.07, 6.45) is 0.616. The molecule has 0 amide bonds. The first-order valence-corrected chi connectivity index (χ1v) is 7.64. The molecule has 0 bridgehead atoms. The van der Waals surface area contributed by atoms with Gasteiger partial charge < -0.3 is 10.4 Å². The van der Waals surface area contributed by atoms with Crippen LogP contribution in [0.2, 0.25) is 0 Å². The number of hydrogen-bond donors (Lipinski definition) is 2. The Morgan fingerprint density at radius 3 is 2.78 bits per heavy atom. The van der Waals surface area contributed by atoms with Crippen molar-refractivity contribution in [2.24, 2.45) is 0 Å². The summed E-state index contributed by atoms with van der Waals surface area (Å²) in [4.78, 5) is 12.2. The van der Waals surface area contributed by atoms with Crippen LogP contribution >= 0.6 is 27.7 Å². The van der Waals surface area contributed by atoms with Gasteiger partial charge in [-0.25, -0.2) is 0 Å². The minimum Gasteiger partial charge on any atom is -0.480 e. The molecule has 0 spiro atoms. The maximum absolute atomic E-state index is 11.1. The lowest BCUT2D eigenvalue weighted by molar-refractivity contribution is -0.139. The van der Waals surface area contributed by atoms with Crippen molar-refractivity contribution in [3.63, 3.8) is 0 Å². The summed E-state index contributed by atoms with van der Waals surface area (Å²) in [7, 11) is 0. The molecule has 0 aliphatic carbocycles. The molecule has 1 unspecified atom stereocenters. The second-order valence-electron chi connectivity index (χ2n) is 4.31. The zero-order valence-corrected chi connectivity index (χ0v) is 12.9. The summed E-state index contributed by atoms with van der Waals surface area (Å²) in [5, 5.41) is 12.1. The van der Waals surface area contributed by atoms with Crippen LogP contribution in [0.25, 0.3) is 0 Å². The van der Waals surface area contributed by atoms with Crippen molar-refractivity contribution in [2.75, 3.05) is 5.75 Å². The van der Waals surface area contributed by atoms with E-state index in [1.165, 1.54) is 0 Å². The molecule has 1 rings (SSSR count). The molecule has 0 radical (unpaired) electrons. The molecular weight excluding hydrogens is 314 g/mol. The van der Waals surface area contributed by atoms with Crippen LogP contribution in [0.1, 0.15) is 20.3 Å². The summed E-state index contributed by atoms with van der Waals surface area (Å²) in [6.45, 7) is 3.91. The fourth-order valence-corrected chi connectivity index (χ4v) is 3.06. The van der Waals surface area contributed by atoms with Gasteiger partial charge in [-0.15, -0.1) is 11.8 Å². The molecular formula is C13H18BrNO2S. The summed E-state index contributed by atoms with van der Waals surface area (Å²) < 4.78 is 1.04. The van der Waals surface area contributed by atoms with Gasteiger partial charge in [0.15, 0.2) is 0 Å². The monoisotopic (exact) mass is 331 g/mol. The molecule has 1 atom stereocenters. The lowest BCUT2D eigenvalue weighted by atomic mass is 10.2. The molecule has 0 saturated heterocycles. The molecule has 0 aliphatic rings. The van der Waals surface area contributed by atoms with Crippen LogP contribution in [0.3, 0.4) is 0 Å². The molecule has 100 valence electrons. The quantitative estimate of drug-likeness (QED) is 0.752. The van der Waals surface area contributed by atoms with Crippen LogP contribution in [0.15, 0.2) is 33.6 Å². The number of nitrogens with one attached hydrogen (secondary N) is 1. The van der Waals surface area contributed by atoms with Gasteiger partial charge in [-0.05, 0) is 24.6 Å². The third-order valence-electron chi connectivity index (χ3n) is 2.30. The standard InChI is InChI=1S/C13H18BrNO2S/c1-9(2)15-12(13(16)17)6-7-18-11-5-3-4-10(14)8-11/h3-5,8-9,12,15H,6-7H2,1-2H3,(H,16,17). The van der Waals surface area contributed by atoms with E-state index in [4.69, 9.17) is 5.11 Å². The maximum Gasteiger partial charge on any atom is 0.320 e. The van der Waals surface area contributed by atoms with Gasteiger partial charge in [0.05, 0.1) is 0 Å². The molecule has 18 heavy (non-hydrogen) atoms. The van der Waals surface area contributed by atoms with E-state index in [0.717, 1.165) is 15.1 Å². The Morgan fingerprint density at radius 1 is 1.50 bits per heavy atom. The molecule has 5 heteroatoms. The van der Waals surface area contributed by atoms with Crippen LogP contribution in [-0.2, 0) is 4.79 Å². The Bertz CT molecular complexity index is 398. The van der Waals surface area contributed by atoms with Crippen molar-refractivity contribution in [3.8, 4) is 0 Å². The SMILES string of the molecule is CC(C)NC(CCSc1cccc(Br)c1)C(=O)O. The highest BCUT2D eigenvalue weighted by molar-refractivity contribution is 9.10. The van der Waals surface area contributed by atoms with Crippen LogP contribution in [0.5, 0.6) is 0 Å². The normalized spacial score (nSPS) is 12.7. The van der Waals surface area contributed by atoms with Gasteiger partial charge in [-0.2, -0.15) is 0 Å². The first-order chi connectivity index (χ1) is 8.49. The van der Waals surface area contributed by atoms with Crippen LogP contribution < -0.4 is 5.32 Å². The minimum atomic E-state index is -0.779. The van der Waals surface area contributed by atoms with Crippen LogP contribution in [-0.4, -0.2) is 28.9 Å². The zero-order valence-electron chi connectivity index (χ0n) is 10.5. The highest BCUT2D eigenvalue weighted by Crippen LogP contribution is 2.22. The fourth-order valence-electron chi connectivity index (χ4n) is 1.53. The molecule has 3 nitrogen and oxygen atoms in total. The van der Waals surface area contributed by atoms with Gasteiger partial charge in [0.1, 0.15) is 6.04 Å². The summed E-state index contributed by atoms with van der Waals surface area (Å²) >= 11 is 5.09. The predicted molar refractivity (Wildman–Crippen MR) is 79.2 cm³/mol. The van der Waals surface area contributed by atoms with E-state index in [1.807, 2.05) is 38.1 Å². The highest BCUT2D eigenvalue weighted by Gasteiger charge is 2.17. The molecule has 0 fully saturated rings. The van der Waals surface area contributed by atoms with E-state index in [-0.39, 0.29) is 6.04 Å². The van der Waals surface area contributed by atoms with Gasteiger partial charge in [0.2, 0.25) is 0 Å². The molecule has 1 aromatic rings. The number of hydrogen-bond acceptors (Lipinski definition) is 3. The van der Waals surface area contributed by atoms with Crippen molar-refractivity contribution in [3.05, 3.63) is 28.7 Å². The first kappa shape index (κ1) is 15.5. The van der Waals surface area contributed by atoms with Crippen molar-refractivity contribution < 1.29 is 9.90 Å². The van der Waals surface area contributed by atoms with Crippen molar-refractivity contribution in [2.45, 2.75) is 37.2 Å². The number of rotatable bonds is 7. The van der Waals surface area contributed by atoms with E-state index < -0.39 is 12.0 Å². The van der Waals surface area contributed by atoms with Crippen molar-refractivity contribution >= 4 is 33.7 Å². The lowest BCUT2D eigenvalue weighted by Gasteiger charge is -2.16. The third kappa shape index (κ3) is 5.89. The Balaban J connectivity index is 2.41. The second kappa shape index (κ2) is 7.81. The van der Waals surface area contributed by atoms with Gasteiger partial charge in [0.25, 0.3) is 0 Å². The topological polar surface area (TPSA) is 49.3 Å². The fraction of sp³-hybridized carbons (Fsp3) is 0.462. The van der Waals surface area contributed by atoms with Crippen molar-refractivity contribution in [1.29, 1.82) is 0 Å². The van der Waals surface area contributed by atoms with E-state index in [1.54, 1.807) is 11.8 Å². The second-order valence-corrected chi connectivity index (χ2v) is 6.39. The van der Waals surface area contributed by atoms with Crippen molar-refractivity contribution in [1.82, 2.24) is 5.32 Å². The first-order valence-electron chi connectivity index (χ1n) is 5.86. The molecule has 0 saturated carbocycles. The number of carboxylic acid groups (broad SMARTS) is 1. The molecule has 0 aromatic heterocycles. The number of carbonyl (C=O) groups is 1. The molecule has 2 N–H and O–H groups in total. The van der Waals surface area contributed by atoms with Gasteiger partial charge in [0, 0.05) is 21.2 Å². The molecule has 0 aliphatic heterocycles. The maximum atomic E-state index is 11.1. The van der Waals surface area contributed by atoms with E-state index in [2.05, 4.69) is 21.2 Å².